The first kappa shape index (κ1) is 19.5. The van der Waals surface area contributed by atoms with Crippen molar-refractivity contribution < 1.29 is 9.53 Å². The molecule has 2 aromatic heterocycles. The number of pyridine rings is 1. The summed E-state index contributed by atoms with van der Waals surface area (Å²) in [5.74, 6) is 1.22. The highest BCUT2D eigenvalue weighted by atomic mass is 16.5. The number of nitrogens with one attached hydrogen (secondary N) is 1. The summed E-state index contributed by atoms with van der Waals surface area (Å²) >= 11 is 0. The van der Waals surface area contributed by atoms with Gasteiger partial charge in [-0.05, 0) is 50.1 Å². The molecule has 0 fully saturated rings. The van der Waals surface area contributed by atoms with Crippen molar-refractivity contribution in [3.8, 4) is 5.75 Å². The third-order valence-corrected chi connectivity index (χ3v) is 4.56. The first-order valence-electron chi connectivity index (χ1n) is 9.08. The Morgan fingerprint density at radius 2 is 1.79 bits per heavy atom. The van der Waals surface area contributed by atoms with E-state index in [1.807, 2.05) is 70.1 Å². The summed E-state index contributed by atoms with van der Waals surface area (Å²) in [5, 5.41) is 3.82. The molecule has 0 radical (unpaired) electrons. The number of aryl methyl sites for hydroxylation is 2. The highest BCUT2D eigenvalue weighted by Gasteiger charge is 2.19. The standard InChI is InChI=1S/C21H25N5O2/c1-12-11-13(2)22-18-17(12)20(26(4)5)25-19(24-18)21(27)23-14(3)15-7-9-16(28-6)10-8-15/h7-11,14H,1-6H3,(H,23,27). The number of nitrogens with zero attached hydrogens (tertiary/aromatic N) is 4. The van der Waals surface area contributed by atoms with E-state index in [0.29, 0.717) is 11.5 Å². The zero-order valence-electron chi connectivity index (χ0n) is 17.1. The summed E-state index contributed by atoms with van der Waals surface area (Å²) in [7, 11) is 5.41. The number of fused-ring (bicyclic) bond motifs is 1. The highest BCUT2D eigenvalue weighted by molar-refractivity contribution is 5.96. The van der Waals surface area contributed by atoms with Crippen LogP contribution in [0.2, 0.25) is 0 Å². The maximum atomic E-state index is 12.8. The molecule has 1 atom stereocenters. The SMILES string of the molecule is COc1ccc(C(C)NC(=O)c2nc(N(C)C)c3c(C)cc(C)nc3n2)cc1. The third-order valence-electron chi connectivity index (χ3n) is 4.56. The van der Waals surface area contributed by atoms with Crippen molar-refractivity contribution in [3.63, 3.8) is 0 Å². The van der Waals surface area contributed by atoms with Gasteiger partial charge in [0, 0.05) is 19.8 Å². The lowest BCUT2D eigenvalue weighted by Gasteiger charge is -2.18. The minimum atomic E-state index is -0.339. The summed E-state index contributed by atoms with van der Waals surface area (Å²) in [6.45, 7) is 5.83. The van der Waals surface area contributed by atoms with Crippen LogP contribution in [0.15, 0.2) is 30.3 Å². The summed E-state index contributed by atoms with van der Waals surface area (Å²) in [5.41, 5.74) is 3.38. The number of carbonyl (C=O) groups is 1. The number of carbonyl (C=O) groups excluding carboxylic acids is 1. The molecule has 7 heteroatoms. The molecule has 0 aliphatic rings. The van der Waals surface area contributed by atoms with Crippen LogP contribution in [0, 0.1) is 13.8 Å². The molecule has 28 heavy (non-hydrogen) atoms. The van der Waals surface area contributed by atoms with Crippen molar-refractivity contribution >= 4 is 22.8 Å². The molecule has 0 saturated carbocycles. The number of aromatic nitrogens is 3. The third kappa shape index (κ3) is 3.88. The molecule has 0 aliphatic carbocycles. The van der Waals surface area contributed by atoms with Gasteiger partial charge in [0.2, 0.25) is 5.82 Å². The van der Waals surface area contributed by atoms with Gasteiger partial charge in [0.1, 0.15) is 11.6 Å². The Labute approximate surface area is 164 Å². The molecule has 2 heterocycles. The average molecular weight is 379 g/mol. The van der Waals surface area contributed by atoms with Gasteiger partial charge in [-0.15, -0.1) is 0 Å². The molecule has 0 spiro atoms. The number of methoxy groups -OCH3 is 1. The lowest BCUT2D eigenvalue weighted by Crippen LogP contribution is -2.29. The molecule has 3 rings (SSSR count). The second-order valence-electron chi connectivity index (χ2n) is 7.01. The van der Waals surface area contributed by atoms with Gasteiger partial charge >= 0.3 is 0 Å². The monoisotopic (exact) mass is 379 g/mol. The van der Waals surface area contributed by atoms with Gasteiger partial charge in [0.15, 0.2) is 5.65 Å². The quantitative estimate of drug-likeness (QED) is 0.733. The van der Waals surface area contributed by atoms with Crippen molar-refractivity contribution in [1.82, 2.24) is 20.3 Å². The Morgan fingerprint density at radius 3 is 2.39 bits per heavy atom. The van der Waals surface area contributed by atoms with E-state index in [4.69, 9.17) is 4.74 Å². The van der Waals surface area contributed by atoms with Crippen LogP contribution in [0.4, 0.5) is 5.82 Å². The number of amides is 1. The van der Waals surface area contributed by atoms with Gasteiger partial charge in [-0.2, -0.15) is 0 Å². The van der Waals surface area contributed by atoms with Crippen molar-refractivity contribution in [1.29, 1.82) is 0 Å². The van der Waals surface area contributed by atoms with Crippen LogP contribution < -0.4 is 15.0 Å². The molecule has 0 aliphatic heterocycles. The van der Waals surface area contributed by atoms with Crippen LogP contribution in [0.25, 0.3) is 11.0 Å². The molecule has 3 aromatic rings. The zero-order chi connectivity index (χ0) is 20.4. The molecule has 1 N–H and O–H groups in total. The Morgan fingerprint density at radius 1 is 1.11 bits per heavy atom. The van der Waals surface area contributed by atoms with Gasteiger partial charge in [-0.1, -0.05) is 12.1 Å². The molecule has 0 bridgehead atoms. The van der Waals surface area contributed by atoms with E-state index in [9.17, 15) is 4.79 Å². The minimum absolute atomic E-state index is 0.106. The fourth-order valence-electron chi connectivity index (χ4n) is 3.12. The molecule has 1 unspecified atom stereocenters. The van der Waals surface area contributed by atoms with E-state index in [1.165, 1.54) is 0 Å². The van der Waals surface area contributed by atoms with Gasteiger partial charge in [0.25, 0.3) is 5.91 Å². The second kappa shape index (κ2) is 7.80. The van der Waals surface area contributed by atoms with Crippen molar-refractivity contribution in [2.45, 2.75) is 26.8 Å². The fraction of sp³-hybridized carbons (Fsp3) is 0.333. The molecular weight excluding hydrogens is 354 g/mol. The highest BCUT2D eigenvalue weighted by Crippen LogP contribution is 2.25. The van der Waals surface area contributed by atoms with Gasteiger partial charge in [-0.3, -0.25) is 4.79 Å². The number of hydrogen-bond acceptors (Lipinski definition) is 6. The summed E-state index contributed by atoms with van der Waals surface area (Å²) in [4.78, 5) is 28.2. The topological polar surface area (TPSA) is 80.2 Å². The smallest absolute Gasteiger partial charge is 0.289 e. The lowest BCUT2D eigenvalue weighted by molar-refractivity contribution is 0.0929. The first-order valence-corrected chi connectivity index (χ1v) is 9.08. The maximum absolute atomic E-state index is 12.8. The van der Waals surface area contributed by atoms with Crippen LogP contribution in [0.5, 0.6) is 5.75 Å². The summed E-state index contributed by atoms with van der Waals surface area (Å²) in [6.07, 6.45) is 0. The second-order valence-corrected chi connectivity index (χ2v) is 7.01. The average Bonchev–Trinajstić information content (AvgIpc) is 2.66. The number of hydrogen-bond donors (Lipinski definition) is 1. The van der Waals surface area contributed by atoms with E-state index in [2.05, 4.69) is 20.3 Å². The number of rotatable bonds is 5. The van der Waals surface area contributed by atoms with Crippen LogP contribution in [-0.4, -0.2) is 42.1 Å². The first-order chi connectivity index (χ1) is 13.3. The van der Waals surface area contributed by atoms with Crippen LogP contribution in [0.3, 0.4) is 0 Å². The Bertz CT molecular complexity index is 1020. The maximum Gasteiger partial charge on any atom is 0.289 e. The van der Waals surface area contributed by atoms with Gasteiger partial charge in [0.05, 0.1) is 18.5 Å². The number of benzene rings is 1. The van der Waals surface area contributed by atoms with Crippen molar-refractivity contribution in [2.24, 2.45) is 0 Å². The number of ether oxygens (including phenoxy) is 1. The van der Waals surface area contributed by atoms with E-state index < -0.39 is 0 Å². The van der Waals surface area contributed by atoms with Crippen molar-refractivity contribution in [3.05, 3.63) is 53.0 Å². The molecule has 1 amide bonds. The normalized spacial score (nSPS) is 11.9. The molecule has 7 nitrogen and oxygen atoms in total. The summed E-state index contributed by atoms with van der Waals surface area (Å²) in [6, 6.07) is 9.36. The van der Waals surface area contributed by atoms with Crippen LogP contribution >= 0.6 is 0 Å². The van der Waals surface area contributed by atoms with Crippen LogP contribution in [0.1, 0.15) is 40.4 Å². The summed E-state index contributed by atoms with van der Waals surface area (Å²) < 4.78 is 5.18. The van der Waals surface area contributed by atoms with Gasteiger partial charge in [-0.25, -0.2) is 15.0 Å². The fourth-order valence-corrected chi connectivity index (χ4v) is 3.12. The molecule has 146 valence electrons. The van der Waals surface area contributed by atoms with E-state index in [0.717, 1.165) is 28.0 Å². The minimum Gasteiger partial charge on any atom is -0.497 e. The molecular formula is C21H25N5O2. The molecule has 0 saturated heterocycles. The van der Waals surface area contributed by atoms with Crippen LogP contribution in [-0.2, 0) is 0 Å². The van der Waals surface area contributed by atoms with E-state index in [1.54, 1.807) is 7.11 Å². The zero-order valence-corrected chi connectivity index (χ0v) is 17.1. The van der Waals surface area contributed by atoms with E-state index >= 15 is 0 Å². The molecule has 1 aromatic carbocycles. The Balaban J connectivity index is 1.94. The largest absolute Gasteiger partial charge is 0.497 e. The van der Waals surface area contributed by atoms with Crippen molar-refractivity contribution in [2.75, 3.05) is 26.1 Å². The Kier molecular flexibility index (Phi) is 5.44. The number of anilines is 1. The van der Waals surface area contributed by atoms with Gasteiger partial charge < -0.3 is 15.0 Å². The lowest BCUT2D eigenvalue weighted by atomic mass is 10.1. The van der Waals surface area contributed by atoms with E-state index in [-0.39, 0.29) is 17.8 Å². The predicted molar refractivity (Wildman–Crippen MR) is 110 cm³/mol. The predicted octanol–water partition coefficient (Wildman–Crippen LogP) is 3.21. The Hall–Kier alpha value is -3.22.